The molecule has 0 atom stereocenters. The van der Waals surface area contributed by atoms with Crippen LogP contribution >= 0.6 is 27.3 Å². The maximum absolute atomic E-state index is 12.3. The summed E-state index contributed by atoms with van der Waals surface area (Å²) in [5, 5.41) is 4.08. The SMILES string of the molecule is O=C(NCCc1ccccc1)c1sc2ccccc2c1Br. The summed E-state index contributed by atoms with van der Waals surface area (Å²) in [7, 11) is 0. The van der Waals surface area contributed by atoms with Crippen LogP contribution in [0.4, 0.5) is 0 Å². The molecular formula is C17H14BrNOS. The molecule has 0 fully saturated rings. The van der Waals surface area contributed by atoms with Crippen LogP contribution in [0, 0.1) is 0 Å². The van der Waals surface area contributed by atoms with E-state index in [1.807, 2.05) is 42.5 Å². The van der Waals surface area contributed by atoms with Crippen LogP contribution in [0.5, 0.6) is 0 Å². The number of rotatable bonds is 4. The third-order valence-electron chi connectivity index (χ3n) is 3.28. The van der Waals surface area contributed by atoms with Crippen molar-refractivity contribution in [3.63, 3.8) is 0 Å². The maximum Gasteiger partial charge on any atom is 0.262 e. The number of hydrogen-bond donors (Lipinski definition) is 1. The van der Waals surface area contributed by atoms with Gasteiger partial charge in [0.2, 0.25) is 0 Å². The molecule has 3 aromatic rings. The number of thiophene rings is 1. The topological polar surface area (TPSA) is 29.1 Å². The van der Waals surface area contributed by atoms with E-state index in [9.17, 15) is 4.79 Å². The zero-order valence-electron chi connectivity index (χ0n) is 11.3. The minimum absolute atomic E-state index is 0.0148. The molecule has 0 radical (unpaired) electrons. The summed E-state index contributed by atoms with van der Waals surface area (Å²) in [5.74, 6) is -0.0148. The standard InChI is InChI=1S/C17H14BrNOS/c18-15-13-8-4-5-9-14(13)21-16(15)17(20)19-11-10-12-6-2-1-3-7-12/h1-9H,10-11H2,(H,19,20). The minimum atomic E-state index is -0.0148. The van der Waals surface area contributed by atoms with Gasteiger partial charge in [0.15, 0.2) is 0 Å². The molecule has 0 bridgehead atoms. The van der Waals surface area contributed by atoms with Gasteiger partial charge in [0.05, 0.1) is 0 Å². The van der Waals surface area contributed by atoms with Crippen molar-refractivity contribution in [2.75, 3.05) is 6.54 Å². The molecule has 0 saturated heterocycles. The lowest BCUT2D eigenvalue weighted by molar-refractivity contribution is 0.0957. The predicted octanol–water partition coefficient (Wildman–Crippen LogP) is 4.64. The fraction of sp³-hybridized carbons (Fsp3) is 0.118. The van der Waals surface area contributed by atoms with Gasteiger partial charge >= 0.3 is 0 Å². The van der Waals surface area contributed by atoms with E-state index in [1.165, 1.54) is 16.9 Å². The molecule has 0 unspecified atom stereocenters. The van der Waals surface area contributed by atoms with Gasteiger partial charge in [-0.2, -0.15) is 0 Å². The Hall–Kier alpha value is -1.65. The number of nitrogens with one attached hydrogen (secondary N) is 1. The van der Waals surface area contributed by atoms with Crippen molar-refractivity contribution in [2.24, 2.45) is 0 Å². The first kappa shape index (κ1) is 14.3. The van der Waals surface area contributed by atoms with E-state index in [4.69, 9.17) is 0 Å². The van der Waals surface area contributed by atoms with E-state index in [1.54, 1.807) is 0 Å². The summed E-state index contributed by atoms with van der Waals surface area (Å²) in [6.07, 6.45) is 0.842. The number of benzene rings is 2. The quantitative estimate of drug-likeness (QED) is 0.722. The number of amides is 1. The van der Waals surface area contributed by atoms with Gasteiger partial charge in [0.1, 0.15) is 4.88 Å². The van der Waals surface area contributed by atoms with Gasteiger partial charge in [-0.25, -0.2) is 0 Å². The molecule has 106 valence electrons. The Balaban J connectivity index is 1.68. The Bertz CT molecular complexity index is 767. The van der Waals surface area contributed by atoms with E-state index < -0.39 is 0 Å². The summed E-state index contributed by atoms with van der Waals surface area (Å²) >= 11 is 5.06. The second-order valence-corrected chi connectivity index (χ2v) is 6.58. The fourth-order valence-electron chi connectivity index (χ4n) is 2.21. The molecular weight excluding hydrogens is 346 g/mol. The van der Waals surface area contributed by atoms with E-state index in [0.717, 1.165) is 25.9 Å². The summed E-state index contributed by atoms with van der Waals surface area (Å²) in [5.41, 5.74) is 1.23. The Kier molecular flexibility index (Phi) is 4.36. The van der Waals surface area contributed by atoms with Gasteiger partial charge in [-0.05, 0) is 34.0 Å². The van der Waals surface area contributed by atoms with E-state index >= 15 is 0 Å². The molecule has 0 spiro atoms. The van der Waals surface area contributed by atoms with Crippen molar-refractivity contribution in [3.05, 3.63) is 69.5 Å². The van der Waals surface area contributed by atoms with Crippen molar-refractivity contribution in [2.45, 2.75) is 6.42 Å². The normalized spacial score (nSPS) is 10.7. The smallest absolute Gasteiger partial charge is 0.262 e. The molecule has 21 heavy (non-hydrogen) atoms. The number of carbonyl (C=O) groups is 1. The first-order chi connectivity index (χ1) is 10.3. The number of fused-ring (bicyclic) bond motifs is 1. The zero-order chi connectivity index (χ0) is 14.7. The number of halogens is 1. The van der Waals surface area contributed by atoms with Crippen molar-refractivity contribution < 1.29 is 4.79 Å². The first-order valence-corrected chi connectivity index (χ1v) is 8.36. The summed E-state index contributed by atoms with van der Waals surface area (Å²) in [6.45, 7) is 0.642. The van der Waals surface area contributed by atoms with E-state index in [-0.39, 0.29) is 5.91 Å². The average Bonchev–Trinajstić information content (AvgIpc) is 2.86. The Labute approximate surface area is 135 Å². The lowest BCUT2D eigenvalue weighted by Crippen LogP contribution is -2.25. The number of hydrogen-bond acceptors (Lipinski definition) is 2. The third kappa shape index (κ3) is 3.17. The molecule has 0 saturated carbocycles. The summed E-state index contributed by atoms with van der Waals surface area (Å²) in [4.78, 5) is 13.0. The van der Waals surface area contributed by atoms with Crippen LogP contribution in [0.15, 0.2) is 59.1 Å². The number of carbonyl (C=O) groups excluding carboxylic acids is 1. The monoisotopic (exact) mass is 359 g/mol. The third-order valence-corrected chi connectivity index (χ3v) is 5.54. The van der Waals surface area contributed by atoms with Gasteiger partial charge < -0.3 is 5.32 Å². The van der Waals surface area contributed by atoms with Gasteiger partial charge in [-0.1, -0.05) is 48.5 Å². The van der Waals surface area contributed by atoms with Crippen LogP contribution in [0.1, 0.15) is 15.2 Å². The van der Waals surface area contributed by atoms with Crippen LogP contribution in [0.2, 0.25) is 0 Å². The molecule has 0 aliphatic heterocycles. The fourth-order valence-corrected chi connectivity index (χ4v) is 4.12. The summed E-state index contributed by atoms with van der Waals surface area (Å²) < 4.78 is 2.01. The molecule has 1 heterocycles. The second kappa shape index (κ2) is 6.41. The van der Waals surface area contributed by atoms with Crippen molar-refractivity contribution in [1.82, 2.24) is 5.32 Å². The molecule has 3 rings (SSSR count). The van der Waals surface area contributed by atoms with Gasteiger partial charge in [0, 0.05) is 21.1 Å². The lowest BCUT2D eigenvalue weighted by Gasteiger charge is -2.04. The van der Waals surface area contributed by atoms with Crippen molar-refractivity contribution in [1.29, 1.82) is 0 Å². The highest BCUT2D eigenvalue weighted by molar-refractivity contribution is 9.10. The lowest BCUT2D eigenvalue weighted by atomic mass is 10.1. The van der Waals surface area contributed by atoms with Crippen LogP contribution in [0.25, 0.3) is 10.1 Å². The first-order valence-electron chi connectivity index (χ1n) is 6.75. The van der Waals surface area contributed by atoms with Gasteiger partial charge in [-0.3, -0.25) is 4.79 Å². The Morgan fingerprint density at radius 2 is 1.76 bits per heavy atom. The van der Waals surface area contributed by atoms with Crippen LogP contribution in [-0.2, 0) is 6.42 Å². The molecule has 1 N–H and O–H groups in total. The molecule has 1 amide bonds. The molecule has 4 heteroatoms. The average molecular weight is 360 g/mol. The zero-order valence-corrected chi connectivity index (χ0v) is 13.7. The minimum Gasteiger partial charge on any atom is -0.351 e. The molecule has 0 aliphatic rings. The maximum atomic E-state index is 12.3. The second-order valence-electron chi connectivity index (χ2n) is 4.73. The van der Waals surface area contributed by atoms with Crippen LogP contribution < -0.4 is 5.32 Å². The predicted molar refractivity (Wildman–Crippen MR) is 92.0 cm³/mol. The van der Waals surface area contributed by atoms with Crippen LogP contribution in [0.3, 0.4) is 0 Å². The molecule has 2 nitrogen and oxygen atoms in total. The largest absolute Gasteiger partial charge is 0.351 e. The Morgan fingerprint density at radius 1 is 1.05 bits per heavy atom. The summed E-state index contributed by atoms with van der Waals surface area (Å²) in [6, 6.07) is 18.2. The Morgan fingerprint density at radius 3 is 2.52 bits per heavy atom. The molecule has 1 aromatic heterocycles. The van der Waals surface area contributed by atoms with Gasteiger partial charge in [-0.15, -0.1) is 11.3 Å². The van der Waals surface area contributed by atoms with Crippen LogP contribution in [-0.4, -0.2) is 12.5 Å². The van der Waals surface area contributed by atoms with Crippen molar-refractivity contribution in [3.8, 4) is 0 Å². The van der Waals surface area contributed by atoms with Crippen molar-refractivity contribution >= 4 is 43.3 Å². The van der Waals surface area contributed by atoms with Gasteiger partial charge in [0.25, 0.3) is 5.91 Å². The highest BCUT2D eigenvalue weighted by Crippen LogP contribution is 2.35. The van der Waals surface area contributed by atoms with E-state index in [2.05, 4.69) is 33.4 Å². The van der Waals surface area contributed by atoms with E-state index in [0.29, 0.717) is 6.54 Å². The highest BCUT2D eigenvalue weighted by atomic mass is 79.9. The molecule has 0 aliphatic carbocycles. The molecule has 2 aromatic carbocycles. The highest BCUT2D eigenvalue weighted by Gasteiger charge is 2.15.